The van der Waals surface area contributed by atoms with Gasteiger partial charge in [-0.2, -0.15) is 26.3 Å². The highest BCUT2D eigenvalue weighted by atomic mass is 31.2. The number of hydrogen-bond acceptors (Lipinski definition) is 5. The van der Waals surface area contributed by atoms with E-state index in [4.69, 9.17) is 9.05 Å². The quantitative estimate of drug-likeness (QED) is 0.282. The first-order valence-corrected chi connectivity index (χ1v) is 9.81. The van der Waals surface area contributed by atoms with Crippen LogP contribution in [0.1, 0.15) is 25.7 Å². The van der Waals surface area contributed by atoms with Crippen molar-refractivity contribution >= 4 is 19.4 Å². The van der Waals surface area contributed by atoms with Crippen LogP contribution in [0.15, 0.2) is 0 Å². The molecule has 0 bridgehead atoms. The summed E-state index contributed by atoms with van der Waals surface area (Å²) in [5.41, 5.74) is 0. The highest BCUT2D eigenvalue weighted by molar-refractivity contribution is 7.52. The van der Waals surface area contributed by atoms with Crippen LogP contribution >= 0.6 is 7.60 Å². The summed E-state index contributed by atoms with van der Waals surface area (Å²) in [6.07, 6.45) is -9.11. The average molecular weight is 430 g/mol. The summed E-state index contributed by atoms with van der Waals surface area (Å²) < 4.78 is 93.3. The first-order chi connectivity index (χ1) is 12.3. The Labute approximate surface area is 151 Å². The lowest BCUT2D eigenvalue weighted by Crippen LogP contribution is -2.37. The van der Waals surface area contributed by atoms with E-state index in [1.807, 2.05) is 0 Å². The number of alkyl halides is 6. The van der Waals surface area contributed by atoms with Crippen molar-refractivity contribution in [1.29, 1.82) is 0 Å². The number of carbonyl (C=O) groups excluding carboxylic acids is 2. The Kier molecular flexibility index (Phi) is 10.9. The van der Waals surface area contributed by atoms with Gasteiger partial charge < -0.3 is 19.7 Å². The van der Waals surface area contributed by atoms with Crippen LogP contribution in [0.4, 0.5) is 26.3 Å². The van der Waals surface area contributed by atoms with Gasteiger partial charge in [-0.3, -0.25) is 14.2 Å². The predicted molar refractivity (Wildman–Crippen MR) is 82.0 cm³/mol. The van der Waals surface area contributed by atoms with Crippen molar-refractivity contribution in [3.8, 4) is 0 Å². The first kappa shape index (κ1) is 25.7. The summed E-state index contributed by atoms with van der Waals surface area (Å²) in [5.74, 6) is -4.08. The number of nitrogens with one attached hydrogen (secondary N) is 2. The molecule has 0 aliphatic heterocycles. The molecule has 0 atom stereocenters. The molecule has 0 saturated heterocycles. The second-order valence-electron chi connectivity index (χ2n) is 5.36. The van der Waals surface area contributed by atoms with Gasteiger partial charge in [0, 0.05) is 19.8 Å². The van der Waals surface area contributed by atoms with Gasteiger partial charge in [0.25, 0.3) is 0 Å². The molecular weight excluding hydrogens is 409 g/mol. The van der Waals surface area contributed by atoms with Crippen LogP contribution in [-0.4, -0.2) is 57.1 Å². The summed E-state index contributed by atoms with van der Waals surface area (Å²) >= 11 is 0. The van der Waals surface area contributed by atoms with Gasteiger partial charge in [0.05, 0.1) is 13.2 Å². The van der Waals surface area contributed by atoms with E-state index in [1.54, 1.807) is 10.6 Å². The topological polar surface area (TPSA) is 93.7 Å². The van der Waals surface area contributed by atoms with Gasteiger partial charge >= 0.3 is 31.8 Å². The first-order valence-electron chi connectivity index (χ1n) is 7.82. The molecule has 0 aromatic rings. The number of amides is 2. The van der Waals surface area contributed by atoms with Crippen LogP contribution in [0.2, 0.25) is 0 Å². The van der Waals surface area contributed by atoms with Gasteiger partial charge in [0.1, 0.15) is 0 Å². The Bertz CT molecular complexity index is 484. The highest BCUT2D eigenvalue weighted by Gasteiger charge is 2.38. The van der Waals surface area contributed by atoms with Crippen molar-refractivity contribution in [2.24, 2.45) is 0 Å². The highest BCUT2D eigenvalue weighted by Crippen LogP contribution is 2.43. The van der Waals surface area contributed by atoms with E-state index >= 15 is 0 Å². The maximum atomic E-state index is 11.9. The largest absolute Gasteiger partial charge is 0.471 e. The zero-order chi connectivity index (χ0) is 21.1. The van der Waals surface area contributed by atoms with Crippen molar-refractivity contribution in [2.75, 3.05) is 33.0 Å². The summed E-state index contributed by atoms with van der Waals surface area (Å²) in [5, 5.41) is 3.34. The molecule has 0 saturated carbocycles. The minimum absolute atomic E-state index is 0.0721. The van der Waals surface area contributed by atoms with Crippen LogP contribution in [0.25, 0.3) is 0 Å². The van der Waals surface area contributed by atoms with Gasteiger partial charge in [-0.1, -0.05) is 0 Å². The molecule has 0 heterocycles. The van der Waals surface area contributed by atoms with Gasteiger partial charge in [-0.15, -0.1) is 0 Å². The summed E-state index contributed by atoms with van der Waals surface area (Å²) in [7, 11) is -3.42. The Morgan fingerprint density at radius 2 is 1.11 bits per heavy atom. The van der Waals surface area contributed by atoms with Crippen LogP contribution in [0.5, 0.6) is 0 Å². The number of hydrogen-bond donors (Lipinski definition) is 2. The normalized spacial score (nSPS) is 12.7. The molecule has 0 aromatic heterocycles. The molecule has 7 nitrogen and oxygen atoms in total. The fraction of sp³-hybridized carbons (Fsp3) is 0.846. The lowest BCUT2D eigenvalue weighted by Gasteiger charge is -2.14. The van der Waals surface area contributed by atoms with E-state index in [0.29, 0.717) is 0 Å². The fourth-order valence-electron chi connectivity index (χ4n) is 1.56. The molecule has 0 fully saturated rings. The molecule has 2 N–H and O–H groups in total. The SMILES string of the molecule is CP(=O)(OCCCCNC(=O)C(F)(F)F)OCCCCNC(=O)C(F)(F)F. The van der Waals surface area contributed by atoms with Gasteiger partial charge in [0.2, 0.25) is 0 Å². The number of rotatable bonds is 12. The van der Waals surface area contributed by atoms with E-state index < -0.39 is 31.8 Å². The van der Waals surface area contributed by atoms with Crippen molar-refractivity contribution < 1.29 is 49.5 Å². The second-order valence-corrected chi connectivity index (χ2v) is 7.42. The molecular formula is C13H21F6N2O5P. The minimum Gasteiger partial charge on any atom is -0.348 e. The third kappa shape index (κ3) is 13.5. The maximum absolute atomic E-state index is 11.9. The molecule has 0 aromatic carbocycles. The van der Waals surface area contributed by atoms with Crippen molar-refractivity contribution in [2.45, 2.75) is 38.0 Å². The van der Waals surface area contributed by atoms with Gasteiger partial charge in [-0.05, 0) is 25.7 Å². The Balaban J connectivity index is 3.71. The van der Waals surface area contributed by atoms with Crippen molar-refractivity contribution in [3.05, 3.63) is 0 Å². The van der Waals surface area contributed by atoms with E-state index in [-0.39, 0.29) is 52.0 Å². The predicted octanol–water partition coefficient (Wildman–Crippen LogP) is 2.76. The third-order valence-corrected chi connectivity index (χ3v) is 4.18. The molecule has 0 spiro atoms. The lowest BCUT2D eigenvalue weighted by molar-refractivity contribution is -0.173. The monoisotopic (exact) mass is 430 g/mol. The molecule has 160 valence electrons. The number of unbranched alkanes of at least 4 members (excludes halogenated alkanes) is 2. The van der Waals surface area contributed by atoms with E-state index in [9.17, 15) is 40.5 Å². The molecule has 0 aliphatic rings. The van der Waals surface area contributed by atoms with Crippen molar-refractivity contribution in [3.63, 3.8) is 0 Å². The Hall–Kier alpha value is -1.33. The van der Waals surface area contributed by atoms with Gasteiger partial charge in [0.15, 0.2) is 0 Å². The van der Waals surface area contributed by atoms with E-state index in [1.165, 1.54) is 6.66 Å². The molecule has 14 heteroatoms. The summed E-state index contributed by atoms with van der Waals surface area (Å²) in [6, 6.07) is 0. The molecule has 0 radical (unpaired) electrons. The van der Waals surface area contributed by atoms with Crippen LogP contribution < -0.4 is 10.6 Å². The zero-order valence-corrected chi connectivity index (χ0v) is 15.3. The van der Waals surface area contributed by atoms with E-state index in [0.717, 1.165) is 0 Å². The molecule has 2 amide bonds. The summed E-state index contributed by atoms with van der Waals surface area (Å²) in [4.78, 5) is 21.1. The van der Waals surface area contributed by atoms with Crippen LogP contribution in [0.3, 0.4) is 0 Å². The fourth-order valence-corrected chi connectivity index (χ4v) is 2.55. The van der Waals surface area contributed by atoms with Crippen LogP contribution in [-0.2, 0) is 23.2 Å². The zero-order valence-electron chi connectivity index (χ0n) is 14.4. The molecule has 0 rings (SSSR count). The Morgan fingerprint density at radius 3 is 1.41 bits per heavy atom. The summed E-state index contributed by atoms with van der Waals surface area (Å²) in [6.45, 7) is 0.582. The average Bonchev–Trinajstić information content (AvgIpc) is 2.51. The number of carbonyl (C=O) groups is 2. The lowest BCUT2D eigenvalue weighted by atomic mass is 10.3. The third-order valence-electron chi connectivity index (χ3n) is 2.88. The smallest absolute Gasteiger partial charge is 0.348 e. The molecule has 0 unspecified atom stereocenters. The second kappa shape index (κ2) is 11.5. The maximum Gasteiger partial charge on any atom is 0.471 e. The van der Waals surface area contributed by atoms with Crippen LogP contribution in [0, 0.1) is 0 Å². The standard InChI is InChI=1S/C13H21F6N2O5P/c1-27(24,25-8-4-2-6-20-10(22)12(14,15)16)26-9-5-3-7-21-11(23)13(17,18)19/h2-9H2,1H3,(H,20,22)(H,21,23). The molecule has 0 aliphatic carbocycles. The van der Waals surface area contributed by atoms with E-state index in [2.05, 4.69) is 0 Å². The number of halogens is 6. The molecule has 27 heavy (non-hydrogen) atoms. The van der Waals surface area contributed by atoms with Crippen molar-refractivity contribution in [1.82, 2.24) is 10.6 Å². The minimum atomic E-state index is -4.95. The van der Waals surface area contributed by atoms with Gasteiger partial charge in [-0.25, -0.2) is 0 Å². The Morgan fingerprint density at radius 1 is 0.778 bits per heavy atom.